The molecule has 8 heteroatoms. The fourth-order valence-corrected chi connectivity index (χ4v) is 3.01. The van der Waals surface area contributed by atoms with E-state index in [2.05, 4.69) is 38.7 Å². The molecule has 0 saturated heterocycles. The van der Waals surface area contributed by atoms with Crippen molar-refractivity contribution in [2.75, 3.05) is 13.6 Å². The lowest BCUT2D eigenvalue weighted by molar-refractivity contribution is 0.784. The Hall–Kier alpha value is -1.68. The van der Waals surface area contributed by atoms with Gasteiger partial charge in [-0.2, -0.15) is 0 Å². The van der Waals surface area contributed by atoms with Crippen molar-refractivity contribution in [2.45, 2.75) is 19.9 Å². The fraction of sp³-hybridized carbons (Fsp3) is 0.312. The molecule has 0 aliphatic rings. The van der Waals surface area contributed by atoms with Crippen molar-refractivity contribution >= 4 is 46.9 Å². The Morgan fingerprint density at radius 1 is 1.33 bits per heavy atom. The number of aryl methyl sites for hydroxylation is 1. The van der Waals surface area contributed by atoms with Gasteiger partial charge in [0.1, 0.15) is 10.7 Å². The van der Waals surface area contributed by atoms with E-state index in [1.807, 2.05) is 35.0 Å². The Morgan fingerprint density at radius 2 is 2.21 bits per heavy atom. The van der Waals surface area contributed by atoms with E-state index in [0.29, 0.717) is 6.54 Å². The lowest BCUT2D eigenvalue weighted by atomic mass is 10.3. The second kappa shape index (κ2) is 8.97. The van der Waals surface area contributed by atoms with Crippen molar-refractivity contribution in [1.82, 2.24) is 25.0 Å². The molecule has 0 aromatic carbocycles. The molecule has 3 aromatic heterocycles. The molecule has 24 heavy (non-hydrogen) atoms. The number of hydrogen-bond acceptors (Lipinski definition) is 4. The van der Waals surface area contributed by atoms with Gasteiger partial charge in [0.25, 0.3) is 0 Å². The predicted octanol–water partition coefficient (Wildman–Crippen LogP) is 2.62. The Morgan fingerprint density at radius 3 is 2.92 bits per heavy atom. The smallest absolute Gasteiger partial charge is 0.191 e. The van der Waals surface area contributed by atoms with Gasteiger partial charge in [-0.05, 0) is 19.1 Å². The maximum atomic E-state index is 4.59. The van der Waals surface area contributed by atoms with Crippen LogP contribution >= 0.6 is 35.3 Å². The second-order valence-electron chi connectivity index (χ2n) is 5.17. The molecule has 2 N–H and O–H groups in total. The second-order valence-corrected chi connectivity index (χ2v) is 6.48. The van der Waals surface area contributed by atoms with E-state index >= 15 is 0 Å². The summed E-state index contributed by atoms with van der Waals surface area (Å²) < 4.78 is 2.03. The monoisotopic (exact) mass is 456 g/mol. The number of pyridine rings is 1. The first kappa shape index (κ1) is 18.7. The third kappa shape index (κ3) is 4.91. The van der Waals surface area contributed by atoms with Gasteiger partial charge in [-0.1, -0.05) is 6.07 Å². The molecule has 3 aromatic rings. The topological polar surface area (TPSA) is 66.6 Å². The lowest BCUT2D eigenvalue weighted by Gasteiger charge is -2.10. The highest BCUT2D eigenvalue weighted by molar-refractivity contribution is 14.0. The number of aromatic nitrogens is 3. The molecular weight excluding hydrogens is 435 g/mol. The molecule has 0 unspecified atom stereocenters. The molecule has 0 aliphatic heterocycles. The third-order valence-electron chi connectivity index (χ3n) is 3.39. The Kier molecular flexibility index (Phi) is 6.98. The normalized spacial score (nSPS) is 11.3. The third-order valence-corrected chi connectivity index (χ3v) is 4.30. The van der Waals surface area contributed by atoms with Crippen LogP contribution in [0.25, 0.3) is 5.65 Å². The van der Waals surface area contributed by atoms with Crippen LogP contribution in [-0.4, -0.2) is 33.9 Å². The highest BCUT2D eigenvalue weighted by atomic mass is 127. The highest BCUT2D eigenvalue weighted by Crippen LogP contribution is 2.10. The van der Waals surface area contributed by atoms with E-state index in [1.54, 1.807) is 18.4 Å². The van der Waals surface area contributed by atoms with Crippen molar-refractivity contribution in [2.24, 2.45) is 4.99 Å². The fourth-order valence-electron chi connectivity index (χ4n) is 2.28. The van der Waals surface area contributed by atoms with Crippen LogP contribution in [0, 0.1) is 6.92 Å². The summed E-state index contributed by atoms with van der Waals surface area (Å²) in [5.74, 6) is 0.779. The van der Waals surface area contributed by atoms with E-state index in [1.165, 1.54) is 4.88 Å². The summed E-state index contributed by atoms with van der Waals surface area (Å²) >= 11 is 1.69. The molecule has 128 valence electrons. The number of guanidine groups is 1. The van der Waals surface area contributed by atoms with Crippen LogP contribution in [0.15, 0.2) is 41.8 Å². The number of hydrogen-bond donors (Lipinski definition) is 2. The minimum atomic E-state index is 0. The summed E-state index contributed by atoms with van der Waals surface area (Å²) in [6, 6.07) is 6.01. The average molecular weight is 456 g/mol. The molecule has 0 fully saturated rings. The zero-order valence-corrected chi connectivity index (χ0v) is 16.8. The van der Waals surface area contributed by atoms with Crippen LogP contribution < -0.4 is 10.6 Å². The Balaban J connectivity index is 0.00000208. The summed E-state index contributed by atoms with van der Waals surface area (Å²) in [5.41, 5.74) is 2.04. The van der Waals surface area contributed by atoms with Crippen molar-refractivity contribution in [1.29, 1.82) is 0 Å². The number of imidazole rings is 1. The number of nitrogens with one attached hydrogen (secondary N) is 2. The van der Waals surface area contributed by atoms with Crippen LogP contribution in [0.1, 0.15) is 15.6 Å². The van der Waals surface area contributed by atoms with E-state index in [0.717, 1.165) is 35.3 Å². The van der Waals surface area contributed by atoms with Crippen LogP contribution in [0.3, 0.4) is 0 Å². The highest BCUT2D eigenvalue weighted by Gasteiger charge is 2.03. The quantitative estimate of drug-likeness (QED) is 0.352. The number of fused-ring (bicyclic) bond motifs is 1. The molecule has 0 spiro atoms. The number of halogens is 1. The molecule has 3 rings (SSSR count). The van der Waals surface area contributed by atoms with E-state index in [-0.39, 0.29) is 24.0 Å². The average Bonchev–Trinajstić information content (AvgIpc) is 3.16. The van der Waals surface area contributed by atoms with E-state index < -0.39 is 0 Å². The number of thiazole rings is 1. The summed E-state index contributed by atoms with van der Waals surface area (Å²) in [5, 5.41) is 7.64. The first-order valence-electron chi connectivity index (χ1n) is 7.53. The lowest BCUT2D eigenvalue weighted by Crippen LogP contribution is -2.37. The Bertz CT molecular complexity index is 777. The van der Waals surface area contributed by atoms with Gasteiger partial charge in [0.2, 0.25) is 0 Å². The molecule has 0 bridgehead atoms. The molecular formula is C16H21IN6S. The molecule has 0 amide bonds. The van der Waals surface area contributed by atoms with Gasteiger partial charge in [-0.3, -0.25) is 4.99 Å². The summed E-state index contributed by atoms with van der Waals surface area (Å²) in [6.07, 6.45) is 6.81. The predicted molar refractivity (Wildman–Crippen MR) is 109 cm³/mol. The molecule has 0 radical (unpaired) electrons. The van der Waals surface area contributed by atoms with Gasteiger partial charge < -0.3 is 15.0 Å². The maximum Gasteiger partial charge on any atom is 0.191 e. The number of aliphatic imine (C=N–C) groups is 1. The Labute approximate surface area is 162 Å². The minimum absolute atomic E-state index is 0. The molecule has 0 atom stereocenters. The zero-order valence-electron chi connectivity index (χ0n) is 13.7. The van der Waals surface area contributed by atoms with Crippen LogP contribution in [0.5, 0.6) is 0 Å². The first-order chi connectivity index (χ1) is 11.2. The van der Waals surface area contributed by atoms with Crippen molar-refractivity contribution in [3.05, 3.63) is 52.4 Å². The van der Waals surface area contributed by atoms with Crippen LogP contribution in [0.4, 0.5) is 0 Å². The standard InChI is InChI=1S/C16H20N6S.HI/c1-12-9-19-15(23-12)10-20-16(17-2)18-7-6-13-11-22-8-4-3-5-14(22)21-13;/h3-5,8-9,11H,6-7,10H2,1-2H3,(H2,17,18,20);1H. The molecule has 0 aliphatic carbocycles. The van der Waals surface area contributed by atoms with Crippen LogP contribution in [-0.2, 0) is 13.0 Å². The minimum Gasteiger partial charge on any atom is -0.356 e. The SMILES string of the molecule is CN=C(NCCc1cn2ccccc2n1)NCc1ncc(C)s1.I. The van der Waals surface area contributed by atoms with Crippen molar-refractivity contribution < 1.29 is 0 Å². The van der Waals surface area contributed by atoms with Gasteiger partial charge in [0, 0.05) is 43.5 Å². The summed E-state index contributed by atoms with van der Waals surface area (Å²) in [4.78, 5) is 14.4. The summed E-state index contributed by atoms with van der Waals surface area (Å²) in [7, 11) is 1.77. The van der Waals surface area contributed by atoms with Gasteiger partial charge in [0.15, 0.2) is 5.96 Å². The van der Waals surface area contributed by atoms with Gasteiger partial charge >= 0.3 is 0 Å². The van der Waals surface area contributed by atoms with Gasteiger partial charge in [-0.15, -0.1) is 35.3 Å². The van der Waals surface area contributed by atoms with E-state index in [9.17, 15) is 0 Å². The number of rotatable bonds is 5. The van der Waals surface area contributed by atoms with E-state index in [4.69, 9.17) is 0 Å². The maximum absolute atomic E-state index is 4.59. The largest absolute Gasteiger partial charge is 0.356 e. The van der Waals surface area contributed by atoms with Gasteiger partial charge in [-0.25, -0.2) is 9.97 Å². The molecule has 0 saturated carbocycles. The zero-order chi connectivity index (χ0) is 16.1. The van der Waals surface area contributed by atoms with Crippen molar-refractivity contribution in [3.8, 4) is 0 Å². The first-order valence-corrected chi connectivity index (χ1v) is 8.34. The number of nitrogens with zero attached hydrogens (tertiary/aromatic N) is 4. The molecule has 3 heterocycles. The van der Waals surface area contributed by atoms with Crippen molar-refractivity contribution in [3.63, 3.8) is 0 Å². The van der Waals surface area contributed by atoms with Crippen LogP contribution in [0.2, 0.25) is 0 Å². The summed E-state index contributed by atoms with van der Waals surface area (Å²) in [6.45, 7) is 3.52. The molecule has 6 nitrogen and oxygen atoms in total. The van der Waals surface area contributed by atoms with Gasteiger partial charge in [0.05, 0.1) is 12.2 Å².